The first-order valence-corrected chi connectivity index (χ1v) is 6.30. The number of carbonyl (C=O) groups is 1. The number of carbonyl (C=O) groups excluding carboxylic acids is 1. The van der Waals surface area contributed by atoms with E-state index >= 15 is 0 Å². The van der Waals surface area contributed by atoms with Crippen LogP contribution >= 0.6 is 0 Å². The first-order valence-electron chi connectivity index (χ1n) is 6.30. The van der Waals surface area contributed by atoms with Crippen molar-refractivity contribution in [1.82, 2.24) is 4.90 Å². The van der Waals surface area contributed by atoms with Crippen molar-refractivity contribution in [2.24, 2.45) is 4.99 Å². The van der Waals surface area contributed by atoms with Gasteiger partial charge in [0.05, 0.1) is 12.7 Å². The molecule has 0 radical (unpaired) electrons. The van der Waals surface area contributed by atoms with Crippen LogP contribution in [0.2, 0.25) is 0 Å². The molecule has 0 aliphatic carbocycles. The Bertz CT molecular complexity index is 632. The van der Waals surface area contributed by atoms with Gasteiger partial charge in [-0.2, -0.15) is 0 Å². The molecule has 20 heavy (non-hydrogen) atoms. The Morgan fingerprint density at radius 1 is 1.45 bits per heavy atom. The number of nitrogens with zero attached hydrogens (tertiary/aromatic N) is 2. The zero-order valence-electron chi connectivity index (χ0n) is 11.1. The molecule has 1 aromatic carbocycles. The maximum atomic E-state index is 11.5. The molecule has 0 unspecified atom stereocenters. The summed E-state index contributed by atoms with van der Waals surface area (Å²) in [7, 11) is 1.37. The molecule has 3 rings (SSSR count). The summed E-state index contributed by atoms with van der Waals surface area (Å²) in [5, 5.41) is 0. The SMILES string of the molecule is COC(=O)c1ccc2c(c1)CC=C(N1C=CC=NC1)O2. The third-order valence-electron chi connectivity index (χ3n) is 3.17. The van der Waals surface area contributed by atoms with Crippen molar-refractivity contribution < 1.29 is 14.3 Å². The van der Waals surface area contributed by atoms with E-state index in [1.165, 1.54) is 7.11 Å². The maximum Gasteiger partial charge on any atom is 0.337 e. The number of allylic oxidation sites excluding steroid dienone is 2. The van der Waals surface area contributed by atoms with Gasteiger partial charge in [-0.25, -0.2) is 4.79 Å². The molecule has 0 saturated carbocycles. The molecule has 5 nitrogen and oxygen atoms in total. The van der Waals surface area contributed by atoms with E-state index in [1.807, 2.05) is 23.3 Å². The number of ether oxygens (including phenoxy) is 2. The predicted octanol–water partition coefficient (Wildman–Crippen LogP) is 2.11. The van der Waals surface area contributed by atoms with Crippen molar-refractivity contribution in [2.45, 2.75) is 6.42 Å². The third kappa shape index (κ3) is 2.30. The highest BCUT2D eigenvalue weighted by Crippen LogP contribution is 2.29. The quantitative estimate of drug-likeness (QED) is 0.772. The number of fused-ring (bicyclic) bond motifs is 1. The molecule has 0 spiro atoms. The zero-order valence-corrected chi connectivity index (χ0v) is 11.1. The van der Waals surface area contributed by atoms with Gasteiger partial charge in [-0.3, -0.25) is 9.89 Å². The highest BCUT2D eigenvalue weighted by molar-refractivity contribution is 5.89. The number of hydrogen-bond acceptors (Lipinski definition) is 5. The minimum absolute atomic E-state index is 0.337. The smallest absolute Gasteiger partial charge is 0.337 e. The second-order valence-electron chi connectivity index (χ2n) is 4.45. The number of methoxy groups -OCH3 is 1. The van der Waals surface area contributed by atoms with Crippen molar-refractivity contribution in [3.8, 4) is 5.75 Å². The van der Waals surface area contributed by atoms with Crippen LogP contribution in [0.1, 0.15) is 15.9 Å². The topological polar surface area (TPSA) is 51.1 Å². The van der Waals surface area contributed by atoms with Crippen molar-refractivity contribution in [3.63, 3.8) is 0 Å². The summed E-state index contributed by atoms with van der Waals surface area (Å²) in [4.78, 5) is 17.6. The fourth-order valence-corrected chi connectivity index (χ4v) is 2.14. The van der Waals surface area contributed by atoms with Crippen LogP contribution in [0.15, 0.2) is 47.4 Å². The number of rotatable bonds is 2. The lowest BCUT2D eigenvalue weighted by Gasteiger charge is -2.26. The molecule has 0 atom stereocenters. The number of esters is 1. The largest absolute Gasteiger partial charge is 0.465 e. The normalized spacial score (nSPS) is 16.2. The lowest BCUT2D eigenvalue weighted by molar-refractivity contribution is 0.0600. The lowest BCUT2D eigenvalue weighted by Crippen LogP contribution is -2.24. The number of hydrogen-bond donors (Lipinski definition) is 0. The Morgan fingerprint density at radius 2 is 2.35 bits per heavy atom. The summed E-state index contributed by atoms with van der Waals surface area (Å²) in [5.41, 5.74) is 1.51. The van der Waals surface area contributed by atoms with Gasteiger partial charge < -0.3 is 9.47 Å². The van der Waals surface area contributed by atoms with Gasteiger partial charge in [-0.05, 0) is 42.3 Å². The Morgan fingerprint density at radius 3 is 3.10 bits per heavy atom. The van der Waals surface area contributed by atoms with Crippen LogP contribution in [0.25, 0.3) is 0 Å². The third-order valence-corrected chi connectivity index (χ3v) is 3.17. The van der Waals surface area contributed by atoms with Crippen LogP contribution in [-0.4, -0.2) is 30.9 Å². The van der Waals surface area contributed by atoms with Crippen LogP contribution in [0, 0.1) is 0 Å². The molecule has 0 N–H and O–H groups in total. The zero-order chi connectivity index (χ0) is 13.9. The summed E-state index contributed by atoms with van der Waals surface area (Å²) in [6, 6.07) is 5.31. The number of benzene rings is 1. The summed E-state index contributed by atoms with van der Waals surface area (Å²) in [6.45, 7) is 0.553. The fourth-order valence-electron chi connectivity index (χ4n) is 2.14. The molecule has 2 aliphatic heterocycles. The van der Waals surface area contributed by atoms with Gasteiger partial charge >= 0.3 is 5.97 Å². The van der Waals surface area contributed by atoms with E-state index in [4.69, 9.17) is 9.47 Å². The van der Waals surface area contributed by atoms with Gasteiger partial charge in [0.15, 0.2) is 5.88 Å². The van der Waals surface area contributed by atoms with E-state index in [0.29, 0.717) is 18.7 Å². The summed E-state index contributed by atoms with van der Waals surface area (Å²) >= 11 is 0. The van der Waals surface area contributed by atoms with Crippen LogP contribution in [-0.2, 0) is 11.2 Å². The molecule has 102 valence electrons. The standard InChI is InChI=1S/C15H14N2O3/c1-19-15(18)12-3-5-13-11(9-12)4-6-14(20-13)17-8-2-7-16-10-17/h2-3,5-9H,4,10H2,1H3. The summed E-state index contributed by atoms with van der Waals surface area (Å²) in [5.74, 6) is 1.19. The van der Waals surface area contributed by atoms with Gasteiger partial charge in [-0.1, -0.05) is 0 Å². The Hall–Kier alpha value is -2.56. The van der Waals surface area contributed by atoms with Crippen LogP contribution in [0.4, 0.5) is 0 Å². The highest BCUT2D eigenvalue weighted by Gasteiger charge is 2.18. The monoisotopic (exact) mass is 270 g/mol. The first kappa shape index (κ1) is 12.5. The fraction of sp³-hybridized carbons (Fsp3) is 0.200. The van der Waals surface area contributed by atoms with Crippen molar-refractivity contribution in [3.05, 3.63) is 53.6 Å². The van der Waals surface area contributed by atoms with E-state index in [-0.39, 0.29) is 5.97 Å². The first-order chi connectivity index (χ1) is 9.78. The number of aliphatic imine (C=N–C) groups is 1. The minimum Gasteiger partial charge on any atom is -0.465 e. The molecule has 0 bridgehead atoms. The van der Waals surface area contributed by atoms with Crippen LogP contribution < -0.4 is 4.74 Å². The molecule has 0 fully saturated rings. The molecule has 0 aromatic heterocycles. The van der Waals surface area contributed by atoms with Gasteiger partial charge in [0, 0.05) is 12.4 Å². The molecular formula is C15H14N2O3. The van der Waals surface area contributed by atoms with Crippen molar-refractivity contribution in [2.75, 3.05) is 13.8 Å². The average Bonchev–Trinajstić information content (AvgIpc) is 2.54. The highest BCUT2D eigenvalue weighted by atomic mass is 16.5. The van der Waals surface area contributed by atoms with E-state index in [2.05, 4.69) is 4.99 Å². The second-order valence-corrected chi connectivity index (χ2v) is 4.45. The summed E-state index contributed by atoms with van der Waals surface area (Å²) in [6.07, 6.45) is 8.24. The van der Waals surface area contributed by atoms with E-state index in [0.717, 1.165) is 17.2 Å². The van der Waals surface area contributed by atoms with Crippen LogP contribution in [0.3, 0.4) is 0 Å². The Kier molecular flexibility index (Phi) is 3.25. The predicted molar refractivity (Wildman–Crippen MR) is 74.5 cm³/mol. The summed E-state index contributed by atoms with van der Waals surface area (Å²) < 4.78 is 10.6. The lowest BCUT2D eigenvalue weighted by atomic mass is 10.1. The molecule has 1 aromatic rings. The van der Waals surface area contributed by atoms with E-state index < -0.39 is 0 Å². The van der Waals surface area contributed by atoms with Crippen LogP contribution in [0.5, 0.6) is 5.75 Å². The maximum absolute atomic E-state index is 11.5. The Labute approximate surface area is 116 Å². The molecule has 2 aliphatic rings. The van der Waals surface area contributed by atoms with Gasteiger partial charge in [0.1, 0.15) is 12.4 Å². The molecule has 0 amide bonds. The van der Waals surface area contributed by atoms with Gasteiger partial charge in [0.25, 0.3) is 0 Å². The molecule has 2 heterocycles. The van der Waals surface area contributed by atoms with E-state index in [1.54, 1.807) is 24.4 Å². The van der Waals surface area contributed by atoms with Gasteiger partial charge in [-0.15, -0.1) is 0 Å². The van der Waals surface area contributed by atoms with Crippen molar-refractivity contribution in [1.29, 1.82) is 0 Å². The van der Waals surface area contributed by atoms with E-state index in [9.17, 15) is 4.79 Å². The van der Waals surface area contributed by atoms with Crippen molar-refractivity contribution >= 4 is 12.2 Å². The average molecular weight is 270 g/mol. The second kappa shape index (κ2) is 5.21. The Balaban J connectivity index is 1.81. The molecule has 0 saturated heterocycles. The van der Waals surface area contributed by atoms with Gasteiger partial charge in [0.2, 0.25) is 0 Å². The molecular weight excluding hydrogens is 256 g/mol. The molecule has 5 heteroatoms. The minimum atomic E-state index is -0.337.